The van der Waals surface area contributed by atoms with Gasteiger partial charge in [0.2, 0.25) is 5.58 Å². The van der Waals surface area contributed by atoms with Crippen LogP contribution in [0.4, 0.5) is 0 Å². The van der Waals surface area contributed by atoms with Gasteiger partial charge in [0.25, 0.3) is 5.52 Å². The molecule has 4 aromatic rings. The van der Waals surface area contributed by atoms with Crippen molar-refractivity contribution >= 4 is 28.3 Å². The van der Waals surface area contributed by atoms with Gasteiger partial charge in [-0.1, -0.05) is 127 Å². The SMILES string of the molecule is CCCCCCCCCCCCCCCCCC[n+]1c(C=CCc2nc3ccccc3o2)oc2ccccc21. The summed E-state index contributed by atoms with van der Waals surface area (Å²) in [5.41, 5.74) is 3.85. The summed E-state index contributed by atoms with van der Waals surface area (Å²) in [6.45, 7) is 3.28. The van der Waals surface area contributed by atoms with Crippen LogP contribution in [0.1, 0.15) is 121 Å². The summed E-state index contributed by atoms with van der Waals surface area (Å²) in [5.74, 6) is 1.63. The molecule has 0 amide bonds. The van der Waals surface area contributed by atoms with Crippen molar-refractivity contribution < 1.29 is 13.4 Å². The zero-order valence-corrected chi connectivity index (χ0v) is 24.2. The highest BCUT2D eigenvalue weighted by Gasteiger charge is 2.19. The van der Waals surface area contributed by atoms with Crippen molar-refractivity contribution in [3.05, 3.63) is 66.4 Å². The van der Waals surface area contributed by atoms with Crippen molar-refractivity contribution in [1.82, 2.24) is 4.98 Å². The molecule has 4 rings (SSSR count). The molecule has 4 nitrogen and oxygen atoms in total. The van der Waals surface area contributed by atoms with Crippen molar-refractivity contribution in [2.45, 2.75) is 123 Å². The summed E-state index contributed by atoms with van der Waals surface area (Å²) in [4.78, 5) is 4.58. The van der Waals surface area contributed by atoms with E-state index in [0.717, 1.165) is 35.0 Å². The van der Waals surface area contributed by atoms with Gasteiger partial charge in [-0.05, 0) is 24.6 Å². The van der Waals surface area contributed by atoms with Crippen LogP contribution in [-0.4, -0.2) is 4.98 Å². The molecular weight excluding hydrogens is 480 g/mol. The van der Waals surface area contributed by atoms with Gasteiger partial charge in [0.15, 0.2) is 18.0 Å². The number of hydrogen-bond donors (Lipinski definition) is 0. The fourth-order valence-corrected chi connectivity index (χ4v) is 5.49. The largest absolute Gasteiger partial charge is 0.440 e. The van der Waals surface area contributed by atoms with Crippen molar-refractivity contribution in [3.8, 4) is 0 Å². The highest BCUT2D eigenvalue weighted by atomic mass is 16.4. The predicted octanol–water partition coefficient (Wildman–Crippen LogP) is 10.4. The second-order valence-electron chi connectivity index (χ2n) is 11.0. The third-order valence-electron chi connectivity index (χ3n) is 7.76. The smallest absolute Gasteiger partial charge is 0.373 e. The van der Waals surface area contributed by atoms with Gasteiger partial charge in [0, 0.05) is 25.0 Å². The number of para-hydroxylation sites is 4. The lowest BCUT2D eigenvalue weighted by Crippen LogP contribution is -2.35. The predicted molar refractivity (Wildman–Crippen MR) is 163 cm³/mol. The molecule has 0 radical (unpaired) electrons. The molecule has 0 fully saturated rings. The second kappa shape index (κ2) is 16.9. The molecule has 2 heterocycles. The molecule has 0 spiro atoms. The summed E-state index contributed by atoms with van der Waals surface area (Å²) < 4.78 is 14.4. The number of unbranched alkanes of at least 4 members (excludes halogenated alkanes) is 15. The summed E-state index contributed by atoms with van der Waals surface area (Å²) in [5, 5.41) is 0. The average Bonchev–Trinajstić information content (AvgIpc) is 3.53. The first-order valence-corrected chi connectivity index (χ1v) is 15.8. The van der Waals surface area contributed by atoms with Crippen LogP contribution in [0.3, 0.4) is 0 Å². The van der Waals surface area contributed by atoms with Crippen molar-refractivity contribution in [2.24, 2.45) is 0 Å². The maximum atomic E-state index is 6.20. The van der Waals surface area contributed by atoms with Crippen LogP contribution in [-0.2, 0) is 13.0 Å². The Kier molecular flexibility index (Phi) is 12.6. The topological polar surface area (TPSA) is 43.0 Å². The monoisotopic (exact) mass is 529 g/mol. The van der Waals surface area contributed by atoms with Gasteiger partial charge in [-0.25, -0.2) is 4.98 Å². The normalized spacial score (nSPS) is 11.9. The molecule has 2 aromatic heterocycles. The van der Waals surface area contributed by atoms with E-state index in [0.29, 0.717) is 6.42 Å². The number of rotatable bonds is 20. The minimum absolute atomic E-state index is 0.644. The molecule has 0 saturated heterocycles. The van der Waals surface area contributed by atoms with Gasteiger partial charge >= 0.3 is 5.89 Å². The number of nitrogens with zero attached hydrogens (tertiary/aromatic N) is 2. The average molecular weight is 530 g/mol. The lowest BCUT2D eigenvalue weighted by molar-refractivity contribution is -0.678. The van der Waals surface area contributed by atoms with E-state index in [9.17, 15) is 0 Å². The Bertz CT molecular complexity index is 1220. The molecular formula is C35H49N2O2+. The van der Waals surface area contributed by atoms with Crippen LogP contribution in [0.2, 0.25) is 0 Å². The fourth-order valence-electron chi connectivity index (χ4n) is 5.49. The number of benzene rings is 2. The lowest BCUT2D eigenvalue weighted by Gasteiger charge is -2.03. The third-order valence-corrected chi connectivity index (χ3v) is 7.76. The first kappa shape index (κ1) is 29.1. The maximum absolute atomic E-state index is 6.20. The number of aromatic nitrogens is 2. The van der Waals surface area contributed by atoms with E-state index in [1.165, 1.54) is 108 Å². The number of oxazole rings is 2. The number of fused-ring (bicyclic) bond motifs is 2. The van der Waals surface area contributed by atoms with Crippen LogP contribution in [0.25, 0.3) is 28.3 Å². The van der Waals surface area contributed by atoms with E-state index in [1.54, 1.807) is 0 Å². The molecule has 0 aliphatic carbocycles. The first-order valence-electron chi connectivity index (χ1n) is 15.8. The van der Waals surface area contributed by atoms with E-state index in [-0.39, 0.29) is 0 Å². The molecule has 0 aliphatic heterocycles. The van der Waals surface area contributed by atoms with Gasteiger partial charge < -0.3 is 8.83 Å². The van der Waals surface area contributed by atoms with Crippen molar-refractivity contribution in [2.75, 3.05) is 0 Å². The molecule has 0 saturated carbocycles. The highest BCUT2D eigenvalue weighted by Crippen LogP contribution is 2.18. The molecule has 39 heavy (non-hydrogen) atoms. The minimum atomic E-state index is 0.644. The minimum Gasteiger partial charge on any atom is -0.440 e. The van der Waals surface area contributed by atoms with Gasteiger partial charge in [-0.3, -0.25) is 0 Å². The summed E-state index contributed by atoms with van der Waals surface area (Å²) in [6.07, 6.45) is 27.0. The van der Waals surface area contributed by atoms with Gasteiger partial charge in [0.05, 0.1) is 0 Å². The molecule has 0 N–H and O–H groups in total. The van der Waals surface area contributed by atoms with E-state index < -0.39 is 0 Å². The van der Waals surface area contributed by atoms with Crippen molar-refractivity contribution in [1.29, 1.82) is 0 Å². The van der Waals surface area contributed by atoms with Crippen LogP contribution in [0.15, 0.2) is 63.4 Å². The molecule has 0 atom stereocenters. The fraction of sp³-hybridized carbons (Fsp3) is 0.543. The Labute approximate surface area is 235 Å². The molecule has 2 aromatic carbocycles. The number of aryl methyl sites for hydroxylation is 1. The maximum Gasteiger partial charge on any atom is 0.373 e. The summed E-state index contributed by atoms with van der Waals surface area (Å²) in [7, 11) is 0. The Hall–Kier alpha value is -2.88. The Morgan fingerprint density at radius 1 is 0.641 bits per heavy atom. The van der Waals surface area contributed by atoms with Crippen LogP contribution >= 0.6 is 0 Å². The summed E-state index contributed by atoms with van der Waals surface area (Å²) >= 11 is 0. The molecule has 0 bridgehead atoms. The third kappa shape index (κ3) is 9.67. The van der Waals surface area contributed by atoms with E-state index in [2.05, 4.69) is 46.8 Å². The van der Waals surface area contributed by atoms with Gasteiger partial charge in [-0.2, -0.15) is 4.57 Å². The zero-order chi connectivity index (χ0) is 27.0. The molecule has 4 heteroatoms. The van der Waals surface area contributed by atoms with E-state index in [4.69, 9.17) is 8.83 Å². The Morgan fingerprint density at radius 3 is 1.85 bits per heavy atom. The number of hydrogen-bond acceptors (Lipinski definition) is 3. The van der Waals surface area contributed by atoms with Crippen LogP contribution < -0.4 is 4.57 Å². The van der Waals surface area contributed by atoms with Gasteiger partial charge in [0.1, 0.15) is 5.52 Å². The molecule has 210 valence electrons. The zero-order valence-electron chi connectivity index (χ0n) is 24.2. The first-order chi connectivity index (χ1) is 19.3. The lowest BCUT2D eigenvalue weighted by atomic mass is 10.0. The summed E-state index contributed by atoms with van der Waals surface area (Å²) in [6, 6.07) is 16.2. The van der Waals surface area contributed by atoms with Crippen LogP contribution in [0, 0.1) is 0 Å². The van der Waals surface area contributed by atoms with Crippen molar-refractivity contribution in [3.63, 3.8) is 0 Å². The molecule has 0 unspecified atom stereocenters. The Balaban J connectivity index is 1.12. The quantitative estimate of drug-likeness (QED) is 0.0844. The molecule has 0 aliphatic rings. The second-order valence-corrected chi connectivity index (χ2v) is 11.0. The number of allylic oxidation sites excluding steroid dienone is 1. The van der Waals surface area contributed by atoms with E-state index in [1.807, 2.05) is 30.3 Å². The standard InChI is InChI=1S/C35H49N2O2/c1-2-3-4-5-6-7-8-9-10-11-12-13-14-15-16-21-29-37-31-24-18-20-26-33(31)39-35(37)28-22-27-34-36-30-23-17-19-25-32(30)38-34/h17-20,22-26,28H,2-16,21,27,29H2,1H3/q+1. The highest BCUT2D eigenvalue weighted by molar-refractivity contribution is 5.72. The Morgan fingerprint density at radius 2 is 1.21 bits per heavy atom. The van der Waals surface area contributed by atoms with Crippen LogP contribution in [0.5, 0.6) is 0 Å². The van der Waals surface area contributed by atoms with E-state index >= 15 is 0 Å². The van der Waals surface area contributed by atoms with Gasteiger partial charge in [-0.15, -0.1) is 0 Å².